The Morgan fingerprint density at radius 1 is 1.47 bits per heavy atom. The molecular formula is C11H10N2O2. The molecule has 4 nitrogen and oxygen atoms in total. The molecule has 0 aliphatic rings. The summed E-state index contributed by atoms with van der Waals surface area (Å²) in [4.78, 5) is 10.9. The van der Waals surface area contributed by atoms with Crippen molar-refractivity contribution in [1.29, 1.82) is 5.26 Å². The van der Waals surface area contributed by atoms with Crippen molar-refractivity contribution in [3.63, 3.8) is 0 Å². The van der Waals surface area contributed by atoms with E-state index in [4.69, 9.17) is 11.0 Å². The van der Waals surface area contributed by atoms with Gasteiger partial charge in [0.1, 0.15) is 6.07 Å². The van der Waals surface area contributed by atoms with Crippen molar-refractivity contribution in [2.24, 2.45) is 0 Å². The van der Waals surface area contributed by atoms with E-state index in [1.807, 2.05) is 6.07 Å². The highest BCUT2D eigenvalue weighted by Gasteiger charge is 2.03. The first-order chi connectivity index (χ1) is 7.17. The number of anilines is 1. The molecule has 76 valence electrons. The second-order valence-corrected chi connectivity index (χ2v) is 2.81. The maximum atomic E-state index is 10.9. The van der Waals surface area contributed by atoms with Gasteiger partial charge in [0.15, 0.2) is 0 Å². The van der Waals surface area contributed by atoms with Crippen molar-refractivity contribution < 1.29 is 9.53 Å². The van der Waals surface area contributed by atoms with E-state index in [1.54, 1.807) is 24.3 Å². The Morgan fingerprint density at radius 2 is 2.07 bits per heavy atom. The van der Waals surface area contributed by atoms with Gasteiger partial charge in [0.05, 0.1) is 12.7 Å². The highest BCUT2D eigenvalue weighted by Crippen LogP contribution is 2.15. The number of ether oxygens (including phenoxy) is 1. The smallest absolute Gasteiger partial charge is 0.331 e. The maximum Gasteiger partial charge on any atom is 0.331 e. The van der Waals surface area contributed by atoms with Crippen LogP contribution < -0.4 is 5.73 Å². The summed E-state index contributed by atoms with van der Waals surface area (Å²) < 4.78 is 4.44. The van der Waals surface area contributed by atoms with Crippen LogP contribution in [0.5, 0.6) is 0 Å². The molecule has 0 radical (unpaired) electrons. The summed E-state index contributed by atoms with van der Waals surface area (Å²) in [5.74, 6) is -0.552. The Morgan fingerprint density at radius 3 is 2.53 bits per heavy atom. The Balaban J connectivity index is 3.04. The Kier molecular flexibility index (Phi) is 3.47. The predicted octanol–water partition coefficient (Wildman–Crippen LogP) is 1.35. The third kappa shape index (κ3) is 2.85. The van der Waals surface area contributed by atoms with Crippen molar-refractivity contribution in [3.8, 4) is 6.07 Å². The SMILES string of the molecule is COC(=O)C=C(C#N)c1ccc(N)cc1. The lowest BCUT2D eigenvalue weighted by Crippen LogP contribution is -1.96. The summed E-state index contributed by atoms with van der Waals surface area (Å²) in [6.45, 7) is 0. The summed E-state index contributed by atoms with van der Waals surface area (Å²) in [5, 5.41) is 8.84. The molecule has 0 aromatic heterocycles. The van der Waals surface area contributed by atoms with Crippen molar-refractivity contribution >= 4 is 17.2 Å². The number of nitriles is 1. The van der Waals surface area contributed by atoms with Crippen molar-refractivity contribution in [1.82, 2.24) is 0 Å². The van der Waals surface area contributed by atoms with Crippen LogP contribution in [0.1, 0.15) is 5.56 Å². The number of carbonyl (C=O) groups excluding carboxylic acids is 1. The highest BCUT2D eigenvalue weighted by atomic mass is 16.5. The normalized spacial score (nSPS) is 10.5. The van der Waals surface area contributed by atoms with E-state index >= 15 is 0 Å². The van der Waals surface area contributed by atoms with E-state index in [9.17, 15) is 4.79 Å². The number of rotatable bonds is 2. The van der Waals surface area contributed by atoms with Crippen LogP contribution in [0.3, 0.4) is 0 Å². The quantitative estimate of drug-likeness (QED) is 0.340. The van der Waals surface area contributed by atoms with Crippen molar-refractivity contribution in [2.45, 2.75) is 0 Å². The van der Waals surface area contributed by atoms with Gasteiger partial charge in [-0.1, -0.05) is 12.1 Å². The number of nitrogens with zero attached hydrogens (tertiary/aromatic N) is 1. The molecule has 15 heavy (non-hydrogen) atoms. The number of benzene rings is 1. The van der Waals surface area contributed by atoms with E-state index in [-0.39, 0.29) is 5.57 Å². The van der Waals surface area contributed by atoms with Gasteiger partial charge >= 0.3 is 5.97 Å². The minimum Gasteiger partial charge on any atom is -0.466 e. The summed E-state index contributed by atoms with van der Waals surface area (Å²) >= 11 is 0. The summed E-state index contributed by atoms with van der Waals surface area (Å²) in [6.07, 6.45) is 1.14. The molecule has 0 bridgehead atoms. The van der Waals surface area contributed by atoms with Crippen molar-refractivity contribution in [3.05, 3.63) is 35.9 Å². The Labute approximate surface area is 87.6 Å². The van der Waals surface area contributed by atoms with E-state index in [0.29, 0.717) is 11.3 Å². The van der Waals surface area contributed by atoms with Gasteiger partial charge in [-0.3, -0.25) is 0 Å². The number of methoxy groups -OCH3 is 1. The standard InChI is InChI=1S/C11H10N2O2/c1-15-11(14)6-9(7-12)8-2-4-10(13)5-3-8/h2-6H,13H2,1H3. The monoisotopic (exact) mass is 202 g/mol. The van der Waals surface area contributed by atoms with Gasteiger partial charge < -0.3 is 10.5 Å². The molecule has 0 heterocycles. The second kappa shape index (κ2) is 4.82. The summed E-state index contributed by atoms with van der Waals surface area (Å²) in [5.41, 5.74) is 7.00. The van der Waals surface area contributed by atoms with Crippen molar-refractivity contribution in [2.75, 3.05) is 12.8 Å². The van der Waals surface area contributed by atoms with Gasteiger partial charge in [0.2, 0.25) is 0 Å². The number of carbonyl (C=O) groups is 1. The lowest BCUT2D eigenvalue weighted by molar-refractivity contribution is -0.134. The molecule has 0 aliphatic heterocycles. The molecule has 0 atom stereocenters. The molecule has 2 N–H and O–H groups in total. The number of hydrogen-bond acceptors (Lipinski definition) is 4. The third-order valence-corrected chi connectivity index (χ3v) is 1.81. The maximum absolute atomic E-state index is 10.9. The van der Waals surface area contributed by atoms with Gasteiger partial charge in [-0.2, -0.15) is 5.26 Å². The van der Waals surface area contributed by atoms with Crippen LogP contribution in [0.4, 0.5) is 5.69 Å². The lowest BCUT2D eigenvalue weighted by Gasteiger charge is -1.99. The largest absolute Gasteiger partial charge is 0.466 e. The van der Waals surface area contributed by atoms with Gasteiger partial charge in [0.25, 0.3) is 0 Å². The first kappa shape index (κ1) is 10.8. The van der Waals surface area contributed by atoms with Crippen LogP contribution in [-0.4, -0.2) is 13.1 Å². The number of hydrogen-bond donors (Lipinski definition) is 1. The molecule has 0 saturated heterocycles. The molecule has 0 amide bonds. The lowest BCUT2D eigenvalue weighted by atomic mass is 10.1. The van der Waals surface area contributed by atoms with Crippen LogP contribution in [0.15, 0.2) is 30.3 Å². The van der Waals surface area contributed by atoms with E-state index in [2.05, 4.69) is 4.74 Å². The number of esters is 1. The van der Waals surface area contributed by atoms with Crippen LogP contribution in [0, 0.1) is 11.3 Å². The average Bonchev–Trinajstić information content (AvgIpc) is 2.27. The molecule has 0 spiro atoms. The molecule has 1 aromatic rings. The predicted molar refractivity (Wildman–Crippen MR) is 56.5 cm³/mol. The number of nitrogens with two attached hydrogens (primary N) is 1. The zero-order chi connectivity index (χ0) is 11.3. The first-order valence-corrected chi connectivity index (χ1v) is 4.23. The zero-order valence-corrected chi connectivity index (χ0v) is 8.23. The van der Waals surface area contributed by atoms with Crippen LogP contribution in [-0.2, 0) is 9.53 Å². The number of allylic oxidation sites excluding steroid dienone is 1. The zero-order valence-electron chi connectivity index (χ0n) is 8.23. The number of nitrogen functional groups attached to an aromatic ring is 1. The average molecular weight is 202 g/mol. The molecule has 0 saturated carbocycles. The minimum absolute atomic E-state index is 0.252. The Hall–Kier alpha value is -2.28. The molecule has 1 aromatic carbocycles. The molecule has 0 unspecified atom stereocenters. The van der Waals surface area contributed by atoms with E-state index in [1.165, 1.54) is 7.11 Å². The highest BCUT2D eigenvalue weighted by molar-refractivity contribution is 5.95. The van der Waals surface area contributed by atoms with E-state index in [0.717, 1.165) is 6.08 Å². The van der Waals surface area contributed by atoms with Crippen LogP contribution >= 0.6 is 0 Å². The fourth-order valence-electron chi connectivity index (χ4n) is 1.02. The fourth-order valence-corrected chi connectivity index (χ4v) is 1.02. The van der Waals surface area contributed by atoms with Gasteiger partial charge in [0, 0.05) is 11.8 Å². The topological polar surface area (TPSA) is 76.1 Å². The molecule has 4 heteroatoms. The summed E-state index contributed by atoms with van der Waals surface area (Å²) in [6, 6.07) is 8.60. The third-order valence-electron chi connectivity index (χ3n) is 1.81. The minimum atomic E-state index is -0.552. The van der Waals surface area contributed by atoms with Gasteiger partial charge in [-0.05, 0) is 17.7 Å². The van der Waals surface area contributed by atoms with E-state index < -0.39 is 5.97 Å². The van der Waals surface area contributed by atoms with Crippen LogP contribution in [0.2, 0.25) is 0 Å². The summed E-state index contributed by atoms with van der Waals surface area (Å²) in [7, 11) is 1.26. The van der Waals surface area contributed by atoms with Crippen LogP contribution in [0.25, 0.3) is 5.57 Å². The molecule has 1 rings (SSSR count). The Bertz CT molecular complexity index is 427. The molecular weight excluding hydrogens is 192 g/mol. The first-order valence-electron chi connectivity index (χ1n) is 4.23. The van der Waals surface area contributed by atoms with Gasteiger partial charge in [-0.25, -0.2) is 4.79 Å². The molecule has 0 fully saturated rings. The fraction of sp³-hybridized carbons (Fsp3) is 0.0909. The molecule has 0 aliphatic carbocycles. The second-order valence-electron chi connectivity index (χ2n) is 2.81. The van der Waals surface area contributed by atoms with Gasteiger partial charge in [-0.15, -0.1) is 0 Å².